The van der Waals surface area contributed by atoms with Crippen molar-refractivity contribution in [1.82, 2.24) is 5.32 Å². The van der Waals surface area contributed by atoms with E-state index in [0.717, 1.165) is 20.9 Å². The smallest absolute Gasteiger partial charge is 0.0701 e. The molecule has 0 amide bonds. The van der Waals surface area contributed by atoms with E-state index in [0.29, 0.717) is 5.02 Å². The van der Waals surface area contributed by atoms with Crippen molar-refractivity contribution in [3.05, 3.63) is 54.6 Å². The quantitative estimate of drug-likeness (QED) is 0.737. The van der Waals surface area contributed by atoms with E-state index < -0.39 is 0 Å². The maximum absolute atomic E-state index is 6.17. The summed E-state index contributed by atoms with van der Waals surface area (Å²) in [6.07, 6.45) is 0. The Kier molecular flexibility index (Phi) is 5.10. The standard InChI is InChI=1S/C13H12BrCl2NS/c1-8(11-6-9(15)2-4-12(11)16)17-7-10-3-5-13(14)18-10/h2-6,8,17H,7H2,1H3. The number of thiophene rings is 1. The van der Waals surface area contributed by atoms with Crippen LogP contribution in [0.2, 0.25) is 10.0 Å². The molecule has 18 heavy (non-hydrogen) atoms. The van der Waals surface area contributed by atoms with Gasteiger partial charge in [-0.3, -0.25) is 0 Å². The Morgan fingerprint density at radius 2 is 2.06 bits per heavy atom. The normalized spacial score (nSPS) is 12.7. The molecule has 1 N–H and O–H groups in total. The van der Waals surface area contributed by atoms with E-state index >= 15 is 0 Å². The Bertz CT molecular complexity index is 542. The molecule has 1 aromatic heterocycles. The zero-order chi connectivity index (χ0) is 13.1. The molecule has 0 saturated carbocycles. The molecule has 2 rings (SSSR count). The zero-order valence-corrected chi connectivity index (χ0v) is 13.6. The summed E-state index contributed by atoms with van der Waals surface area (Å²) < 4.78 is 1.15. The Morgan fingerprint density at radius 3 is 2.72 bits per heavy atom. The van der Waals surface area contributed by atoms with Crippen LogP contribution in [0.15, 0.2) is 34.1 Å². The van der Waals surface area contributed by atoms with Crippen LogP contribution in [0, 0.1) is 0 Å². The highest BCUT2D eigenvalue weighted by molar-refractivity contribution is 9.11. The van der Waals surface area contributed by atoms with E-state index in [4.69, 9.17) is 23.2 Å². The van der Waals surface area contributed by atoms with Crippen molar-refractivity contribution >= 4 is 50.5 Å². The van der Waals surface area contributed by atoms with Crippen LogP contribution in [0.3, 0.4) is 0 Å². The van der Waals surface area contributed by atoms with Gasteiger partial charge in [0.2, 0.25) is 0 Å². The molecule has 1 unspecified atom stereocenters. The molecular weight excluding hydrogens is 353 g/mol. The number of nitrogens with one attached hydrogen (secondary N) is 1. The van der Waals surface area contributed by atoms with E-state index in [1.54, 1.807) is 17.4 Å². The first-order chi connectivity index (χ1) is 8.56. The van der Waals surface area contributed by atoms with Gasteiger partial charge in [0.15, 0.2) is 0 Å². The molecule has 0 bridgehead atoms. The summed E-state index contributed by atoms with van der Waals surface area (Å²) in [6.45, 7) is 2.90. The number of hydrogen-bond donors (Lipinski definition) is 1. The minimum absolute atomic E-state index is 0.164. The molecule has 0 aliphatic carbocycles. The van der Waals surface area contributed by atoms with E-state index in [2.05, 4.69) is 40.3 Å². The fourth-order valence-corrected chi connectivity index (χ4v) is 3.55. The highest BCUT2D eigenvalue weighted by atomic mass is 79.9. The van der Waals surface area contributed by atoms with Crippen LogP contribution in [0.4, 0.5) is 0 Å². The van der Waals surface area contributed by atoms with Gasteiger partial charge in [0, 0.05) is 27.5 Å². The summed E-state index contributed by atoms with van der Waals surface area (Å²) in [5.74, 6) is 0. The molecule has 0 aliphatic heterocycles. The number of halogens is 3. The molecule has 1 heterocycles. The van der Waals surface area contributed by atoms with Gasteiger partial charge < -0.3 is 5.32 Å². The first-order valence-electron chi connectivity index (χ1n) is 5.49. The molecule has 0 saturated heterocycles. The predicted molar refractivity (Wildman–Crippen MR) is 83.7 cm³/mol. The molecule has 1 aromatic carbocycles. The summed E-state index contributed by atoms with van der Waals surface area (Å²) in [4.78, 5) is 1.28. The monoisotopic (exact) mass is 363 g/mol. The summed E-state index contributed by atoms with van der Waals surface area (Å²) >= 11 is 17.3. The maximum Gasteiger partial charge on any atom is 0.0701 e. The number of benzene rings is 1. The van der Waals surface area contributed by atoms with E-state index in [1.807, 2.05) is 12.1 Å². The molecule has 2 aromatic rings. The Morgan fingerprint density at radius 1 is 1.28 bits per heavy atom. The molecule has 0 aliphatic rings. The topological polar surface area (TPSA) is 12.0 Å². The Labute approximate surface area is 129 Å². The summed E-state index contributed by atoms with van der Waals surface area (Å²) in [5.41, 5.74) is 1.03. The summed E-state index contributed by atoms with van der Waals surface area (Å²) in [5, 5.41) is 4.90. The predicted octanol–water partition coefficient (Wildman–Crippen LogP) is 5.67. The first kappa shape index (κ1) is 14.4. The van der Waals surface area contributed by atoms with Gasteiger partial charge in [0.25, 0.3) is 0 Å². The first-order valence-corrected chi connectivity index (χ1v) is 7.85. The molecule has 1 atom stereocenters. The molecule has 0 fully saturated rings. The molecule has 1 nitrogen and oxygen atoms in total. The van der Waals surface area contributed by atoms with Crippen molar-refractivity contribution in [2.24, 2.45) is 0 Å². The van der Waals surface area contributed by atoms with Gasteiger partial charge in [-0.05, 0) is 58.7 Å². The van der Waals surface area contributed by atoms with Gasteiger partial charge >= 0.3 is 0 Å². The molecule has 0 radical (unpaired) electrons. The van der Waals surface area contributed by atoms with Gasteiger partial charge in [-0.2, -0.15) is 0 Å². The van der Waals surface area contributed by atoms with Gasteiger partial charge in [0.05, 0.1) is 3.79 Å². The fourth-order valence-electron chi connectivity index (χ4n) is 1.66. The second-order valence-electron chi connectivity index (χ2n) is 3.97. The average Bonchev–Trinajstić information content (AvgIpc) is 2.75. The molecule has 96 valence electrons. The minimum atomic E-state index is 0.164. The fraction of sp³-hybridized carbons (Fsp3) is 0.231. The number of rotatable bonds is 4. The maximum atomic E-state index is 6.17. The Balaban J connectivity index is 2.03. The van der Waals surface area contributed by atoms with E-state index in [9.17, 15) is 0 Å². The average molecular weight is 365 g/mol. The lowest BCUT2D eigenvalue weighted by Gasteiger charge is -2.15. The van der Waals surface area contributed by atoms with Crippen LogP contribution in [0.1, 0.15) is 23.4 Å². The van der Waals surface area contributed by atoms with Crippen LogP contribution in [0.25, 0.3) is 0 Å². The summed E-state index contributed by atoms with van der Waals surface area (Å²) in [7, 11) is 0. The lowest BCUT2D eigenvalue weighted by molar-refractivity contribution is 0.579. The number of hydrogen-bond acceptors (Lipinski definition) is 2. The molecular formula is C13H12BrCl2NS. The highest BCUT2D eigenvalue weighted by Crippen LogP contribution is 2.27. The van der Waals surface area contributed by atoms with Crippen molar-refractivity contribution < 1.29 is 0 Å². The van der Waals surface area contributed by atoms with Crippen LogP contribution in [-0.4, -0.2) is 0 Å². The van der Waals surface area contributed by atoms with Crippen LogP contribution < -0.4 is 5.32 Å². The third-order valence-electron chi connectivity index (χ3n) is 2.64. The second-order valence-corrected chi connectivity index (χ2v) is 7.37. The van der Waals surface area contributed by atoms with Crippen molar-refractivity contribution in [3.63, 3.8) is 0 Å². The lowest BCUT2D eigenvalue weighted by Crippen LogP contribution is -2.17. The third-order valence-corrected chi connectivity index (χ3v) is 4.84. The third kappa shape index (κ3) is 3.72. The molecule has 0 spiro atoms. The van der Waals surface area contributed by atoms with E-state index in [-0.39, 0.29) is 6.04 Å². The molecule has 5 heteroatoms. The summed E-state index contributed by atoms with van der Waals surface area (Å²) in [6, 6.07) is 9.87. The SMILES string of the molecule is CC(NCc1ccc(Br)s1)c1cc(Cl)ccc1Cl. The van der Waals surface area contributed by atoms with Crippen LogP contribution >= 0.6 is 50.5 Å². The lowest BCUT2D eigenvalue weighted by atomic mass is 10.1. The van der Waals surface area contributed by atoms with Crippen molar-refractivity contribution in [3.8, 4) is 0 Å². The van der Waals surface area contributed by atoms with Crippen LogP contribution in [-0.2, 0) is 6.54 Å². The van der Waals surface area contributed by atoms with Gasteiger partial charge in [-0.15, -0.1) is 11.3 Å². The van der Waals surface area contributed by atoms with Crippen molar-refractivity contribution in [2.45, 2.75) is 19.5 Å². The van der Waals surface area contributed by atoms with Gasteiger partial charge in [0.1, 0.15) is 0 Å². The van der Waals surface area contributed by atoms with Crippen molar-refractivity contribution in [1.29, 1.82) is 0 Å². The minimum Gasteiger partial charge on any atom is -0.305 e. The van der Waals surface area contributed by atoms with E-state index in [1.165, 1.54) is 4.88 Å². The van der Waals surface area contributed by atoms with Crippen molar-refractivity contribution in [2.75, 3.05) is 0 Å². The highest BCUT2D eigenvalue weighted by Gasteiger charge is 2.10. The van der Waals surface area contributed by atoms with Gasteiger partial charge in [-0.25, -0.2) is 0 Å². The Hall–Kier alpha value is -0.0600. The second kappa shape index (κ2) is 6.40. The zero-order valence-electron chi connectivity index (χ0n) is 9.71. The largest absolute Gasteiger partial charge is 0.305 e. The van der Waals surface area contributed by atoms with Crippen LogP contribution in [0.5, 0.6) is 0 Å². The van der Waals surface area contributed by atoms with Gasteiger partial charge in [-0.1, -0.05) is 23.2 Å².